The van der Waals surface area contributed by atoms with Crippen molar-refractivity contribution in [1.29, 1.82) is 0 Å². The molecule has 1 aromatic rings. The maximum atomic E-state index is 6.27. The highest BCUT2D eigenvalue weighted by Crippen LogP contribution is 2.30. The van der Waals surface area contributed by atoms with Gasteiger partial charge >= 0.3 is 0 Å². The second-order valence-electron chi connectivity index (χ2n) is 4.53. The fourth-order valence-electron chi connectivity index (χ4n) is 1.98. The molecule has 0 radical (unpaired) electrons. The number of allylic oxidation sites excluding steroid dienone is 4. The largest absolute Gasteiger partial charge is 0.398 e. The molecule has 0 spiro atoms. The Balaban J connectivity index is 3.26. The van der Waals surface area contributed by atoms with Gasteiger partial charge in [-0.2, -0.15) is 0 Å². The Kier molecular flexibility index (Phi) is 5.02. The molecule has 0 aliphatic heterocycles. The Morgan fingerprint density at radius 1 is 1.35 bits per heavy atom. The number of benzene rings is 1. The van der Waals surface area contributed by atoms with E-state index in [4.69, 9.17) is 5.73 Å². The standard InChI is InChI=1S/C16H23N/c1-5-7-9-13(6-2)15-11-8-10-14(12(3)4)16(15)17/h5,7-12H,6,17H2,1-4H3/b7-5-,13-9-. The Hall–Kier alpha value is -1.50. The average Bonchev–Trinajstić information content (AvgIpc) is 2.31. The third-order valence-corrected chi connectivity index (χ3v) is 2.98. The first-order chi connectivity index (χ1) is 8.11. The van der Waals surface area contributed by atoms with Gasteiger partial charge in [-0.1, -0.05) is 57.2 Å². The zero-order valence-electron chi connectivity index (χ0n) is 11.3. The van der Waals surface area contributed by atoms with Crippen LogP contribution in [0.1, 0.15) is 51.2 Å². The maximum Gasteiger partial charge on any atom is 0.0425 e. The second-order valence-corrected chi connectivity index (χ2v) is 4.53. The molecule has 0 aliphatic carbocycles. The third-order valence-electron chi connectivity index (χ3n) is 2.98. The number of rotatable bonds is 4. The van der Waals surface area contributed by atoms with Crippen LogP contribution in [0.3, 0.4) is 0 Å². The van der Waals surface area contributed by atoms with E-state index in [1.54, 1.807) is 0 Å². The van der Waals surface area contributed by atoms with Crippen LogP contribution in [-0.4, -0.2) is 0 Å². The van der Waals surface area contributed by atoms with Crippen molar-refractivity contribution in [3.8, 4) is 0 Å². The van der Waals surface area contributed by atoms with Gasteiger partial charge in [-0.25, -0.2) is 0 Å². The lowest BCUT2D eigenvalue weighted by Crippen LogP contribution is -2.00. The van der Waals surface area contributed by atoms with Crippen molar-refractivity contribution in [3.63, 3.8) is 0 Å². The van der Waals surface area contributed by atoms with Crippen LogP contribution in [-0.2, 0) is 0 Å². The van der Waals surface area contributed by atoms with Crippen molar-refractivity contribution < 1.29 is 0 Å². The molecule has 1 nitrogen and oxygen atoms in total. The van der Waals surface area contributed by atoms with Gasteiger partial charge in [0.05, 0.1) is 0 Å². The molecule has 0 atom stereocenters. The lowest BCUT2D eigenvalue weighted by Gasteiger charge is -2.15. The molecule has 0 saturated carbocycles. The number of hydrogen-bond acceptors (Lipinski definition) is 1. The van der Waals surface area contributed by atoms with Gasteiger partial charge in [0.15, 0.2) is 0 Å². The van der Waals surface area contributed by atoms with Gasteiger partial charge < -0.3 is 5.73 Å². The minimum atomic E-state index is 0.467. The van der Waals surface area contributed by atoms with Crippen molar-refractivity contribution in [2.75, 3.05) is 5.73 Å². The highest BCUT2D eigenvalue weighted by molar-refractivity contribution is 5.77. The minimum Gasteiger partial charge on any atom is -0.398 e. The number of para-hydroxylation sites is 1. The Bertz CT molecular complexity index is 425. The SMILES string of the molecule is C/C=C\C=C(\CC)c1cccc(C(C)C)c1N. The molecule has 1 rings (SSSR count). The molecule has 0 unspecified atom stereocenters. The maximum absolute atomic E-state index is 6.27. The molecule has 0 amide bonds. The lowest BCUT2D eigenvalue weighted by molar-refractivity contribution is 0.869. The predicted molar refractivity (Wildman–Crippen MR) is 78.0 cm³/mol. The summed E-state index contributed by atoms with van der Waals surface area (Å²) in [5.74, 6) is 0.467. The molecular formula is C16H23N. The van der Waals surface area contributed by atoms with Crippen LogP contribution in [0.4, 0.5) is 5.69 Å². The number of anilines is 1. The zero-order chi connectivity index (χ0) is 12.8. The van der Waals surface area contributed by atoms with Crippen LogP contribution in [0.5, 0.6) is 0 Å². The summed E-state index contributed by atoms with van der Waals surface area (Å²) in [4.78, 5) is 0. The Morgan fingerprint density at radius 3 is 2.59 bits per heavy atom. The first-order valence-corrected chi connectivity index (χ1v) is 6.32. The average molecular weight is 229 g/mol. The summed E-state index contributed by atoms with van der Waals surface area (Å²) in [6.45, 7) is 8.54. The number of nitrogens with two attached hydrogens (primary N) is 1. The van der Waals surface area contributed by atoms with E-state index in [1.807, 2.05) is 13.0 Å². The predicted octanol–water partition coefficient (Wildman–Crippen LogP) is 4.76. The molecule has 0 saturated heterocycles. The van der Waals surface area contributed by atoms with Crippen molar-refractivity contribution in [1.82, 2.24) is 0 Å². The van der Waals surface area contributed by atoms with E-state index in [1.165, 1.54) is 16.7 Å². The molecule has 92 valence electrons. The summed E-state index contributed by atoms with van der Waals surface area (Å²) in [7, 11) is 0. The second kappa shape index (κ2) is 6.29. The monoisotopic (exact) mass is 229 g/mol. The van der Waals surface area contributed by atoms with E-state index in [9.17, 15) is 0 Å². The molecule has 1 heteroatoms. The Morgan fingerprint density at radius 2 is 2.06 bits per heavy atom. The topological polar surface area (TPSA) is 26.0 Å². The molecule has 0 heterocycles. The number of nitrogen functional groups attached to an aromatic ring is 1. The van der Waals surface area contributed by atoms with E-state index in [2.05, 4.69) is 51.1 Å². The molecule has 17 heavy (non-hydrogen) atoms. The minimum absolute atomic E-state index is 0.467. The fourth-order valence-corrected chi connectivity index (χ4v) is 1.98. The zero-order valence-corrected chi connectivity index (χ0v) is 11.3. The van der Waals surface area contributed by atoms with Gasteiger partial charge in [0.2, 0.25) is 0 Å². The van der Waals surface area contributed by atoms with Crippen LogP contribution in [0.15, 0.2) is 36.4 Å². The highest BCUT2D eigenvalue weighted by Gasteiger charge is 2.09. The van der Waals surface area contributed by atoms with E-state index in [-0.39, 0.29) is 0 Å². The summed E-state index contributed by atoms with van der Waals surface area (Å²) in [6.07, 6.45) is 7.25. The first kappa shape index (κ1) is 13.6. The molecule has 0 aliphatic rings. The van der Waals surface area contributed by atoms with Crippen molar-refractivity contribution in [2.45, 2.75) is 40.0 Å². The number of hydrogen-bond donors (Lipinski definition) is 1. The van der Waals surface area contributed by atoms with Gasteiger partial charge in [0, 0.05) is 11.3 Å². The summed E-state index contributed by atoms with van der Waals surface area (Å²) in [6, 6.07) is 6.33. The quantitative estimate of drug-likeness (QED) is 0.584. The Labute approximate surface area is 105 Å². The van der Waals surface area contributed by atoms with Gasteiger partial charge in [-0.15, -0.1) is 0 Å². The highest BCUT2D eigenvalue weighted by atomic mass is 14.6. The summed E-state index contributed by atoms with van der Waals surface area (Å²) in [5, 5.41) is 0. The molecular weight excluding hydrogens is 206 g/mol. The fraction of sp³-hybridized carbons (Fsp3) is 0.375. The summed E-state index contributed by atoms with van der Waals surface area (Å²) >= 11 is 0. The third kappa shape index (κ3) is 3.23. The normalized spacial score (nSPS) is 12.6. The van der Waals surface area contributed by atoms with E-state index < -0.39 is 0 Å². The van der Waals surface area contributed by atoms with Crippen LogP contribution in [0.2, 0.25) is 0 Å². The van der Waals surface area contributed by atoms with Crippen molar-refractivity contribution >= 4 is 11.3 Å². The molecule has 0 aromatic heterocycles. The van der Waals surface area contributed by atoms with Gasteiger partial charge in [-0.3, -0.25) is 0 Å². The van der Waals surface area contributed by atoms with Crippen LogP contribution >= 0.6 is 0 Å². The van der Waals surface area contributed by atoms with Crippen LogP contribution in [0, 0.1) is 0 Å². The molecule has 0 bridgehead atoms. The van der Waals surface area contributed by atoms with E-state index in [0.29, 0.717) is 5.92 Å². The lowest BCUT2D eigenvalue weighted by atomic mass is 9.93. The van der Waals surface area contributed by atoms with Crippen LogP contribution in [0.25, 0.3) is 5.57 Å². The smallest absolute Gasteiger partial charge is 0.0425 e. The van der Waals surface area contributed by atoms with Crippen molar-refractivity contribution in [2.24, 2.45) is 0 Å². The van der Waals surface area contributed by atoms with Gasteiger partial charge in [0.25, 0.3) is 0 Å². The summed E-state index contributed by atoms with van der Waals surface area (Å²) < 4.78 is 0. The van der Waals surface area contributed by atoms with E-state index in [0.717, 1.165) is 12.1 Å². The summed E-state index contributed by atoms with van der Waals surface area (Å²) in [5.41, 5.74) is 10.9. The van der Waals surface area contributed by atoms with Gasteiger partial charge in [0.1, 0.15) is 0 Å². The van der Waals surface area contributed by atoms with Gasteiger partial charge in [-0.05, 0) is 30.4 Å². The van der Waals surface area contributed by atoms with Crippen molar-refractivity contribution in [3.05, 3.63) is 47.6 Å². The molecule has 2 N–H and O–H groups in total. The van der Waals surface area contributed by atoms with E-state index >= 15 is 0 Å². The first-order valence-electron chi connectivity index (χ1n) is 6.32. The van der Waals surface area contributed by atoms with Crippen LogP contribution < -0.4 is 5.73 Å². The molecule has 1 aromatic carbocycles. The molecule has 0 fully saturated rings.